The number of pyridine rings is 2. The van der Waals surface area contributed by atoms with Crippen molar-refractivity contribution in [3.63, 3.8) is 0 Å². The molecule has 3 fully saturated rings. The average molecular weight is 552 g/mol. The maximum Gasteiger partial charge on any atom is 0.244 e. The number of carbonyl (C=O) groups is 2. The van der Waals surface area contributed by atoms with Crippen molar-refractivity contribution < 1.29 is 22.4 Å². The molecule has 5 rings (SSSR count). The molecule has 2 amide bonds. The lowest BCUT2D eigenvalue weighted by atomic mass is 9.98. The number of sulfone groups is 1. The Morgan fingerprint density at radius 3 is 2.39 bits per heavy atom. The van der Waals surface area contributed by atoms with E-state index in [2.05, 4.69) is 21.4 Å². The standard InChI is InChI=1S/C23H20Cl2FN5O4S/c24-13-1-2-18(28-9-13)36(34,35)15-8-17(20(32)30-22(12-27)3-4-22)31(11-15)21(33)23(5-6-23)19-16(26)7-14(25)10-29-19/h1-2,7,9-10,15,17H,3-6,8,11H2,(H,30,32). The van der Waals surface area contributed by atoms with Gasteiger partial charge in [-0.25, -0.2) is 17.8 Å². The molecule has 1 saturated heterocycles. The van der Waals surface area contributed by atoms with E-state index in [-0.39, 0.29) is 33.7 Å². The predicted molar refractivity (Wildman–Crippen MR) is 126 cm³/mol. The fourth-order valence-corrected chi connectivity index (χ4v) is 6.47. The third kappa shape index (κ3) is 4.21. The summed E-state index contributed by atoms with van der Waals surface area (Å²) in [5.41, 5.74) is -2.41. The van der Waals surface area contributed by atoms with E-state index >= 15 is 0 Å². The van der Waals surface area contributed by atoms with Crippen LogP contribution in [0.3, 0.4) is 0 Å². The van der Waals surface area contributed by atoms with Gasteiger partial charge >= 0.3 is 0 Å². The SMILES string of the molecule is N#CC1(NC(=O)C2CC(S(=O)(=O)c3ccc(Cl)cn3)CN2C(=O)C2(c3ncc(Cl)cc3F)CC2)CC1. The summed E-state index contributed by atoms with van der Waals surface area (Å²) in [6.07, 6.45) is 3.77. The topological polar surface area (TPSA) is 133 Å². The van der Waals surface area contributed by atoms with Crippen LogP contribution in [-0.2, 0) is 24.8 Å². The van der Waals surface area contributed by atoms with Gasteiger partial charge in [-0.3, -0.25) is 14.6 Å². The van der Waals surface area contributed by atoms with Gasteiger partial charge < -0.3 is 10.2 Å². The fourth-order valence-electron chi connectivity index (χ4n) is 4.62. The number of hydrogen-bond donors (Lipinski definition) is 1. The van der Waals surface area contributed by atoms with E-state index in [0.717, 1.165) is 6.07 Å². The Morgan fingerprint density at radius 2 is 1.83 bits per heavy atom. The summed E-state index contributed by atoms with van der Waals surface area (Å²) >= 11 is 11.7. The van der Waals surface area contributed by atoms with Crippen molar-refractivity contribution in [2.45, 2.75) is 59.4 Å². The summed E-state index contributed by atoms with van der Waals surface area (Å²) in [5.74, 6) is -1.95. The molecule has 3 heterocycles. The largest absolute Gasteiger partial charge is 0.336 e. The average Bonchev–Trinajstić information content (AvgIpc) is 3.75. The minimum absolute atomic E-state index is 0.0748. The number of nitrogens with one attached hydrogen (secondary N) is 1. The quantitative estimate of drug-likeness (QED) is 0.583. The molecule has 0 aromatic carbocycles. The number of nitrogens with zero attached hydrogens (tertiary/aromatic N) is 4. The molecule has 3 aliphatic rings. The predicted octanol–water partition coefficient (Wildman–Crippen LogP) is 2.57. The highest BCUT2D eigenvalue weighted by molar-refractivity contribution is 7.92. The molecular weight excluding hydrogens is 532 g/mol. The number of likely N-dealkylation sites (tertiary alicyclic amines) is 1. The van der Waals surface area contributed by atoms with E-state index in [1.54, 1.807) is 0 Å². The van der Waals surface area contributed by atoms with Gasteiger partial charge in [0.25, 0.3) is 0 Å². The van der Waals surface area contributed by atoms with Crippen LogP contribution in [-0.4, -0.2) is 58.5 Å². The van der Waals surface area contributed by atoms with Gasteiger partial charge in [-0.2, -0.15) is 5.26 Å². The molecule has 1 N–H and O–H groups in total. The Hall–Kier alpha value is -2.81. The number of carbonyl (C=O) groups excluding carboxylic acids is 2. The lowest BCUT2D eigenvalue weighted by molar-refractivity contribution is -0.140. The van der Waals surface area contributed by atoms with Crippen LogP contribution in [0.5, 0.6) is 0 Å². The third-order valence-corrected chi connectivity index (χ3v) is 9.48. The van der Waals surface area contributed by atoms with Crippen molar-refractivity contribution in [2.75, 3.05) is 6.54 Å². The van der Waals surface area contributed by atoms with Crippen LogP contribution in [0.25, 0.3) is 0 Å². The summed E-state index contributed by atoms with van der Waals surface area (Å²) in [6.45, 7) is -0.292. The highest BCUT2D eigenvalue weighted by atomic mass is 35.5. The molecule has 0 radical (unpaired) electrons. The van der Waals surface area contributed by atoms with Crippen LogP contribution in [0.1, 0.15) is 37.8 Å². The van der Waals surface area contributed by atoms with E-state index in [4.69, 9.17) is 23.2 Å². The van der Waals surface area contributed by atoms with Crippen molar-refractivity contribution in [1.29, 1.82) is 5.26 Å². The number of rotatable bonds is 6. The Morgan fingerprint density at radius 1 is 1.14 bits per heavy atom. The van der Waals surface area contributed by atoms with E-state index in [1.165, 1.54) is 29.4 Å². The van der Waals surface area contributed by atoms with Gasteiger partial charge in [0, 0.05) is 18.9 Å². The van der Waals surface area contributed by atoms with Crippen LogP contribution in [0.2, 0.25) is 10.0 Å². The van der Waals surface area contributed by atoms with Crippen LogP contribution in [0.15, 0.2) is 35.6 Å². The van der Waals surface area contributed by atoms with E-state index in [9.17, 15) is 27.7 Å². The van der Waals surface area contributed by atoms with E-state index in [1.807, 2.05) is 0 Å². The van der Waals surface area contributed by atoms with Crippen molar-refractivity contribution in [3.05, 3.63) is 52.1 Å². The van der Waals surface area contributed by atoms with Gasteiger partial charge in [0.15, 0.2) is 14.9 Å². The highest BCUT2D eigenvalue weighted by Gasteiger charge is 2.60. The van der Waals surface area contributed by atoms with Crippen molar-refractivity contribution in [1.82, 2.24) is 20.2 Å². The van der Waals surface area contributed by atoms with Gasteiger partial charge in [0.2, 0.25) is 11.8 Å². The first kappa shape index (κ1) is 24.9. The maximum atomic E-state index is 14.7. The van der Waals surface area contributed by atoms with Gasteiger partial charge in [-0.15, -0.1) is 0 Å². The summed E-state index contributed by atoms with van der Waals surface area (Å²) in [4.78, 5) is 36.2. The molecule has 2 aromatic rings. The van der Waals surface area contributed by atoms with E-state index in [0.29, 0.717) is 25.7 Å². The molecule has 2 unspecified atom stereocenters. The molecule has 2 atom stereocenters. The molecular formula is C23H20Cl2FN5O4S. The molecule has 188 valence electrons. The van der Waals surface area contributed by atoms with Gasteiger partial charge in [-0.05, 0) is 50.3 Å². The van der Waals surface area contributed by atoms with Crippen LogP contribution in [0, 0.1) is 17.1 Å². The molecule has 36 heavy (non-hydrogen) atoms. The molecule has 0 bridgehead atoms. The molecule has 2 aliphatic carbocycles. The normalized spacial score (nSPS) is 23.6. The highest BCUT2D eigenvalue weighted by Crippen LogP contribution is 2.51. The summed E-state index contributed by atoms with van der Waals surface area (Å²) in [5, 5.41) is 11.0. The summed E-state index contributed by atoms with van der Waals surface area (Å²) < 4.78 is 41.4. The summed E-state index contributed by atoms with van der Waals surface area (Å²) in [7, 11) is -4.04. The smallest absolute Gasteiger partial charge is 0.244 e. The Balaban J connectivity index is 1.48. The zero-order valence-electron chi connectivity index (χ0n) is 18.7. The molecule has 9 nitrogen and oxygen atoms in total. The minimum Gasteiger partial charge on any atom is -0.336 e. The maximum absolute atomic E-state index is 14.7. The van der Waals surface area contributed by atoms with Crippen LogP contribution >= 0.6 is 23.2 Å². The zero-order chi connectivity index (χ0) is 25.9. The minimum atomic E-state index is -4.04. The molecule has 13 heteroatoms. The number of nitriles is 1. The number of amides is 2. The zero-order valence-corrected chi connectivity index (χ0v) is 21.1. The third-order valence-electron chi connectivity index (χ3n) is 7.00. The molecule has 0 spiro atoms. The monoisotopic (exact) mass is 551 g/mol. The Labute approximate surface area is 216 Å². The molecule has 2 saturated carbocycles. The van der Waals surface area contributed by atoms with E-state index < -0.39 is 49.7 Å². The Bertz CT molecular complexity index is 1400. The lowest BCUT2D eigenvalue weighted by Gasteiger charge is -2.28. The van der Waals surface area contributed by atoms with Crippen molar-refractivity contribution in [3.8, 4) is 6.07 Å². The first-order valence-corrected chi connectivity index (χ1v) is 13.5. The molecule has 1 aliphatic heterocycles. The van der Waals surface area contributed by atoms with Gasteiger partial charge in [0.05, 0.1) is 32.5 Å². The second-order valence-corrected chi connectivity index (χ2v) is 12.5. The van der Waals surface area contributed by atoms with Crippen molar-refractivity contribution >= 4 is 44.9 Å². The van der Waals surface area contributed by atoms with Crippen LogP contribution in [0.4, 0.5) is 4.39 Å². The second kappa shape index (κ2) is 8.64. The lowest BCUT2D eigenvalue weighted by Crippen LogP contribution is -2.52. The first-order valence-electron chi connectivity index (χ1n) is 11.2. The Kier molecular flexibility index (Phi) is 5.97. The van der Waals surface area contributed by atoms with Crippen LogP contribution < -0.4 is 5.32 Å². The van der Waals surface area contributed by atoms with Gasteiger partial charge in [0.1, 0.15) is 17.4 Å². The number of hydrogen-bond acceptors (Lipinski definition) is 7. The fraction of sp³-hybridized carbons (Fsp3) is 0.435. The van der Waals surface area contributed by atoms with Gasteiger partial charge in [-0.1, -0.05) is 23.2 Å². The molecule has 2 aromatic heterocycles. The number of halogens is 3. The second-order valence-electron chi connectivity index (χ2n) is 9.44. The summed E-state index contributed by atoms with van der Waals surface area (Å²) in [6, 6.07) is 4.61. The number of aromatic nitrogens is 2. The van der Waals surface area contributed by atoms with Crippen molar-refractivity contribution in [2.24, 2.45) is 0 Å². The first-order chi connectivity index (χ1) is 17.0.